The van der Waals surface area contributed by atoms with Gasteiger partial charge in [0.1, 0.15) is 6.61 Å². The van der Waals surface area contributed by atoms with E-state index < -0.39 is 12.2 Å². The molecule has 2 aromatic rings. The highest BCUT2D eigenvalue weighted by atomic mass is 16.6. The molecule has 1 N–H and O–H groups in total. The minimum Gasteiger partial charge on any atom is -0.448 e. The van der Waals surface area contributed by atoms with Crippen molar-refractivity contribution in [1.82, 2.24) is 4.90 Å². The molecule has 0 spiro atoms. The number of carbonyl (C=O) groups is 1. The maximum atomic E-state index is 12.5. The first-order valence-corrected chi connectivity index (χ1v) is 8.98. The van der Waals surface area contributed by atoms with Crippen LogP contribution in [0, 0.1) is 0 Å². The lowest BCUT2D eigenvalue weighted by Gasteiger charge is -2.34. The normalized spacial score (nSPS) is 22.0. The van der Waals surface area contributed by atoms with Gasteiger partial charge in [-0.25, -0.2) is 4.79 Å². The Bertz CT molecular complexity index is 761. The third-order valence-corrected chi connectivity index (χ3v) is 5.32. The van der Waals surface area contributed by atoms with Crippen molar-refractivity contribution in [2.75, 3.05) is 26.8 Å². The van der Waals surface area contributed by atoms with Gasteiger partial charge < -0.3 is 19.5 Å². The number of hydrogen-bond donors (Lipinski definition) is 1. The quantitative estimate of drug-likeness (QED) is 0.921. The number of rotatable bonds is 3. The molecule has 0 unspecified atom stereocenters. The van der Waals surface area contributed by atoms with Gasteiger partial charge in [-0.15, -0.1) is 0 Å². The van der Waals surface area contributed by atoms with Crippen LogP contribution in [-0.2, 0) is 9.47 Å². The van der Waals surface area contributed by atoms with Gasteiger partial charge in [-0.3, -0.25) is 0 Å². The Morgan fingerprint density at radius 2 is 1.69 bits per heavy atom. The van der Waals surface area contributed by atoms with Crippen molar-refractivity contribution in [3.8, 4) is 11.1 Å². The first-order chi connectivity index (χ1) is 12.7. The zero-order valence-corrected chi connectivity index (χ0v) is 14.8. The summed E-state index contributed by atoms with van der Waals surface area (Å²) in [6.45, 7) is 1.03. The fourth-order valence-corrected chi connectivity index (χ4v) is 4.03. The molecule has 4 rings (SSSR count). The number of aliphatic hydroxyl groups is 1. The predicted molar refractivity (Wildman–Crippen MR) is 98.1 cm³/mol. The zero-order chi connectivity index (χ0) is 18.1. The molecule has 26 heavy (non-hydrogen) atoms. The van der Waals surface area contributed by atoms with Crippen LogP contribution in [0.15, 0.2) is 48.5 Å². The number of fused-ring (bicyclic) bond motifs is 3. The van der Waals surface area contributed by atoms with Crippen LogP contribution in [0.2, 0.25) is 0 Å². The minimum atomic E-state index is -0.575. The third kappa shape index (κ3) is 3.08. The number of piperidine rings is 1. The number of amides is 1. The molecule has 0 bridgehead atoms. The molecule has 0 aromatic heterocycles. The molecule has 136 valence electrons. The van der Waals surface area contributed by atoms with Crippen LogP contribution in [0.1, 0.15) is 23.5 Å². The molecule has 1 heterocycles. The molecule has 1 aliphatic carbocycles. The Balaban J connectivity index is 1.49. The number of methoxy groups -OCH3 is 1. The highest BCUT2D eigenvalue weighted by Gasteiger charge is 2.32. The number of hydrogen-bond acceptors (Lipinski definition) is 4. The van der Waals surface area contributed by atoms with E-state index in [2.05, 4.69) is 24.3 Å². The van der Waals surface area contributed by atoms with Crippen LogP contribution in [0.4, 0.5) is 4.79 Å². The van der Waals surface area contributed by atoms with Gasteiger partial charge >= 0.3 is 6.09 Å². The Hall–Kier alpha value is -2.37. The molecule has 1 amide bonds. The van der Waals surface area contributed by atoms with E-state index in [1.54, 1.807) is 7.11 Å². The fraction of sp³-hybridized carbons (Fsp3) is 0.381. The van der Waals surface area contributed by atoms with Crippen LogP contribution in [-0.4, -0.2) is 55.1 Å². The van der Waals surface area contributed by atoms with E-state index in [9.17, 15) is 9.90 Å². The van der Waals surface area contributed by atoms with Crippen LogP contribution in [0.3, 0.4) is 0 Å². The summed E-state index contributed by atoms with van der Waals surface area (Å²) < 4.78 is 10.9. The highest BCUT2D eigenvalue weighted by Crippen LogP contribution is 2.44. The lowest BCUT2D eigenvalue weighted by molar-refractivity contribution is -0.0280. The van der Waals surface area contributed by atoms with E-state index in [1.807, 2.05) is 24.3 Å². The molecule has 1 aliphatic heterocycles. The lowest BCUT2D eigenvalue weighted by Crippen LogP contribution is -2.49. The highest BCUT2D eigenvalue weighted by molar-refractivity contribution is 5.79. The summed E-state index contributed by atoms with van der Waals surface area (Å²) in [5.41, 5.74) is 4.79. The summed E-state index contributed by atoms with van der Waals surface area (Å²) in [5.74, 6) is 0.0410. The SMILES string of the molecule is CO[C@H]1C[C@H](O)CN(C(=O)OCC2c3ccccc3-c3ccccc32)C1. The first-order valence-electron chi connectivity index (χ1n) is 8.98. The van der Waals surface area contributed by atoms with Crippen molar-refractivity contribution in [1.29, 1.82) is 0 Å². The molecule has 5 nitrogen and oxygen atoms in total. The lowest BCUT2D eigenvalue weighted by atomic mass is 9.98. The summed E-state index contributed by atoms with van der Waals surface area (Å²) in [5, 5.41) is 9.94. The molecule has 1 saturated heterocycles. The van der Waals surface area contributed by atoms with Gasteiger partial charge in [0, 0.05) is 19.4 Å². The number of aliphatic hydroxyl groups excluding tert-OH is 1. The van der Waals surface area contributed by atoms with E-state index in [0.717, 1.165) is 0 Å². The molecule has 0 saturated carbocycles. The van der Waals surface area contributed by atoms with E-state index in [-0.39, 0.29) is 25.2 Å². The maximum absolute atomic E-state index is 12.5. The van der Waals surface area contributed by atoms with E-state index >= 15 is 0 Å². The molecule has 2 aromatic carbocycles. The molecular formula is C21H23NO4. The van der Waals surface area contributed by atoms with Gasteiger partial charge in [0.15, 0.2) is 0 Å². The summed E-state index contributed by atoms with van der Waals surface area (Å²) >= 11 is 0. The topological polar surface area (TPSA) is 59.0 Å². The summed E-state index contributed by atoms with van der Waals surface area (Å²) in [7, 11) is 1.60. The van der Waals surface area contributed by atoms with E-state index in [1.165, 1.54) is 27.2 Å². The van der Waals surface area contributed by atoms with Crippen LogP contribution in [0.25, 0.3) is 11.1 Å². The average molecular weight is 353 g/mol. The Morgan fingerprint density at radius 3 is 2.31 bits per heavy atom. The van der Waals surface area contributed by atoms with Gasteiger partial charge in [-0.1, -0.05) is 48.5 Å². The molecule has 5 heteroatoms. The minimum absolute atomic E-state index is 0.0410. The number of ether oxygens (including phenoxy) is 2. The van der Waals surface area contributed by atoms with Crippen molar-refractivity contribution < 1.29 is 19.4 Å². The standard InChI is InChI=1S/C21H23NO4/c1-25-15-10-14(23)11-22(12-15)21(24)26-13-20-18-8-4-2-6-16(18)17-7-3-5-9-19(17)20/h2-9,14-15,20,23H,10-13H2,1H3/t14-,15-/m0/s1. The van der Waals surface area contributed by atoms with Crippen LogP contribution < -0.4 is 0 Å². The number of carbonyl (C=O) groups excluding carboxylic acids is 1. The van der Waals surface area contributed by atoms with Gasteiger partial charge in [0.25, 0.3) is 0 Å². The summed E-state index contributed by atoms with van der Waals surface area (Å²) in [4.78, 5) is 14.1. The second kappa shape index (κ2) is 7.09. The Morgan fingerprint density at radius 1 is 1.08 bits per heavy atom. The van der Waals surface area contributed by atoms with Gasteiger partial charge in [0.05, 0.1) is 25.3 Å². The third-order valence-electron chi connectivity index (χ3n) is 5.32. The maximum Gasteiger partial charge on any atom is 0.409 e. The summed E-state index contributed by atoms with van der Waals surface area (Å²) in [6, 6.07) is 16.5. The zero-order valence-electron chi connectivity index (χ0n) is 14.8. The van der Waals surface area contributed by atoms with Gasteiger partial charge in [0.2, 0.25) is 0 Å². The second-order valence-electron chi connectivity index (χ2n) is 6.96. The molecular weight excluding hydrogens is 330 g/mol. The fourth-order valence-electron chi connectivity index (χ4n) is 4.03. The average Bonchev–Trinajstić information content (AvgIpc) is 2.99. The molecule has 0 radical (unpaired) electrons. The Kier molecular flexibility index (Phi) is 4.66. The van der Waals surface area contributed by atoms with Crippen LogP contribution >= 0.6 is 0 Å². The van der Waals surface area contributed by atoms with Crippen molar-refractivity contribution >= 4 is 6.09 Å². The molecule has 1 fully saturated rings. The van der Waals surface area contributed by atoms with Crippen molar-refractivity contribution in [3.05, 3.63) is 59.7 Å². The number of nitrogens with zero attached hydrogens (tertiary/aromatic N) is 1. The van der Waals surface area contributed by atoms with Crippen LogP contribution in [0.5, 0.6) is 0 Å². The predicted octanol–water partition coefficient (Wildman–Crippen LogP) is 3.02. The van der Waals surface area contributed by atoms with Gasteiger partial charge in [-0.2, -0.15) is 0 Å². The number of benzene rings is 2. The first kappa shape index (κ1) is 17.1. The smallest absolute Gasteiger partial charge is 0.409 e. The molecule has 2 aliphatic rings. The van der Waals surface area contributed by atoms with Crippen molar-refractivity contribution in [3.63, 3.8) is 0 Å². The molecule has 2 atom stereocenters. The van der Waals surface area contributed by atoms with Crippen molar-refractivity contribution in [2.24, 2.45) is 0 Å². The Labute approximate surface area is 153 Å². The van der Waals surface area contributed by atoms with Gasteiger partial charge in [-0.05, 0) is 22.3 Å². The number of likely N-dealkylation sites (tertiary alicyclic amines) is 1. The van der Waals surface area contributed by atoms with E-state index in [4.69, 9.17) is 9.47 Å². The second-order valence-corrected chi connectivity index (χ2v) is 6.96. The monoisotopic (exact) mass is 353 g/mol. The number of β-amino-alcohol motifs (C(OH)–C–C–N with tert-alkyl or cyclic N) is 1. The largest absolute Gasteiger partial charge is 0.448 e. The van der Waals surface area contributed by atoms with Crippen molar-refractivity contribution in [2.45, 2.75) is 24.5 Å². The van der Waals surface area contributed by atoms with E-state index in [0.29, 0.717) is 13.0 Å². The summed E-state index contributed by atoms with van der Waals surface area (Å²) in [6.07, 6.45) is -0.579.